The molecule has 0 aliphatic carbocycles. The summed E-state index contributed by atoms with van der Waals surface area (Å²) in [6.07, 6.45) is 1.03. The van der Waals surface area contributed by atoms with Crippen LogP contribution in [0, 0.1) is 0 Å². The van der Waals surface area contributed by atoms with Crippen LogP contribution in [0.4, 0.5) is 0 Å². The van der Waals surface area contributed by atoms with Crippen LogP contribution in [0.25, 0.3) is 0 Å². The zero-order valence-electron chi connectivity index (χ0n) is 9.81. The third-order valence-electron chi connectivity index (χ3n) is 2.18. The molecule has 92 valence electrons. The Morgan fingerprint density at radius 2 is 1.88 bits per heavy atom. The molecule has 0 saturated heterocycles. The standard InChI is InChI=1S/C13H16O4/c1-10(14)9-11-4-6-12(7-5-11)17-8-2-3-13(15)16/h4-7H,2-3,8-9H2,1H3,(H,15,16). The number of rotatable bonds is 7. The third kappa shape index (κ3) is 5.70. The first-order valence-electron chi connectivity index (χ1n) is 5.51. The molecule has 0 saturated carbocycles. The summed E-state index contributed by atoms with van der Waals surface area (Å²) in [5.41, 5.74) is 0.954. The molecule has 0 atom stereocenters. The Balaban J connectivity index is 2.35. The van der Waals surface area contributed by atoms with Gasteiger partial charge in [-0.3, -0.25) is 9.59 Å². The highest BCUT2D eigenvalue weighted by atomic mass is 16.5. The molecule has 0 radical (unpaired) electrons. The van der Waals surface area contributed by atoms with Gasteiger partial charge in [-0.15, -0.1) is 0 Å². The van der Waals surface area contributed by atoms with Crippen LogP contribution in [0.2, 0.25) is 0 Å². The van der Waals surface area contributed by atoms with Gasteiger partial charge in [-0.05, 0) is 31.0 Å². The number of carboxylic acid groups (broad SMARTS) is 1. The SMILES string of the molecule is CC(=O)Cc1ccc(OCCCC(=O)O)cc1. The Morgan fingerprint density at radius 3 is 2.41 bits per heavy atom. The van der Waals surface area contributed by atoms with Crippen LogP contribution in [0.5, 0.6) is 5.75 Å². The molecule has 1 rings (SSSR count). The van der Waals surface area contributed by atoms with E-state index >= 15 is 0 Å². The lowest BCUT2D eigenvalue weighted by Crippen LogP contribution is -2.02. The maximum atomic E-state index is 10.9. The van der Waals surface area contributed by atoms with Crippen molar-refractivity contribution in [2.75, 3.05) is 6.61 Å². The van der Waals surface area contributed by atoms with Gasteiger partial charge in [0.2, 0.25) is 0 Å². The lowest BCUT2D eigenvalue weighted by molar-refractivity contribution is -0.137. The number of carbonyl (C=O) groups is 2. The number of hydrogen-bond donors (Lipinski definition) is 1. The number of aliphatic carboxylic acids is 1. The summed E-state index contributed by atoms with van der Waals surface area (Å²) in [5, 5.41) is 8.44. The minimum absolute atomic E-state index is 0.114. The van der Waals surface area contributed by atoms with Gasteiger partial charge in [0.25, 0.3) is 0 Å². The van der Waals surface area contributed by atoms with Crippen molar-refractivity contribution in [3.05, 3.63) is 29.8 Å². The summed E-state index contributed by atoms with van der Waals surface area (Å²) < 4.78 is 5.37. The van der Waals surface area contributed by atoms with E-state index in [4.69, 9.17) is 9.84 Å². The lowest BCUT2D eigenvalue weighted by atomic mass is 10.1. The van der Waals surface area contributed by atoms with E-state index in [0.29, 0.717) is 25.2 Å². The smallest absolute Gasteiger partial charge is 0.303 e. The molecule has 0 heterocycles. The van der Waals surface area contributed by atoms with E-state index in [9.17, 15) is 9.59 Å². The highest BCUT2D eigenvalue weighted by Gasteiger charge is 2.00. The highest BCUT2D eigenvalue weighted by molar-refractivity contribution is 5.78. The highest BCUT2D eigenvalue weighted by Crippen LogP contribution is 2.13. The second-order valence-electron chi connectivity index (χ2n) is 3.87. The molecule has 1 N–H and O–H groups in total. The fraction of sp³-hybridized carbons (Fsp3) is 0.385. The number of benzene rings is 1. The van der Waals surface area contributed by atoms with E-state index in [2.05, 4.69) is 0 Å². The average Bonchev–Trinajstić information content (AvgIpc) is 2.25. The first-order chi connectivity index (χ1) is 8.08. The first kappa shape index (κ1) is 13.2. The van der Waals surface area contributed by atoms with Gasteiger partial charge in [0.1, 0.15) is 11.5 Å². The number of hydrogen-bond acceptors (Lipinski definition) is 3. The fourth-order valence-corrected chi connectivity index (χ4v) is 1.40. The molecule has 0 amide bonds. The Labute approximate surface area is 100 Å². The van der Waals surface area contributed by atoms with Crippen LogP contribution in [-0.4, -0.2) is 23.5 Å². The minimum atomic E-state index is -0.814. The van der Waals surface area contributed by atoms with Crippen LogP contribution < -0.4 is 4.74 Å². The van der Waals surface area contributed by atoms with Gasteiger partial charge < -0.3 is 9.84 Å². The molecule has 0 aliphatic rings. The summed E-state index contributed by atoms with van der Waals surface area (Å²) >= 11 is 0. The Morgan fingerprint density at radius 1 is 1.24 bits per heavy atom. The summed E-state index contributed by atoms with van der Waals surface area (Å²) in [4.78, 5) is 21.2. The van der Waals surface area contributed by atoms with Crippen LogP contribution in [0.15, 0.2) is 24.3 Å². The summed E-state index contributed by atoms with van der Waals surface area (Å²) in [6, 6.07) is 7.26. The maximum Gasteiger partial charge on any atom is 0.303 e. The molecule has 1 aromatic carbocycles. The average molecular weight is 236 g/mol. The van der Waals surface area contributed by atoms with E-state index in [-0.39, 0.29) is 12.2 Å². The molecule has 0 aliphatic heterocycles. The zero-order chi connectivity index (χ0) is 12.7. The minimum Gasteiger partial charge on any atom is -0.494 e. The molecule has 0 fully saturated rings. The van der Waals surface area contributed by atoms with E-state index in [1.807, 2.05) is 12.1 Å². The van der Waals surface area contributed by atoms with Gasteiger partial charge in [-0.2, -0.15) is 0 Å². The topological polar surface area (TPSA) is 63.6 Å². The van der Waals surface area contributed by atoms with E-state index in [1.165, 1.54) is 0 Å². The summed E-state index contributed by atoms with van der Waals surface area (Å²) in [5.74, 6) is 0.00761. The largest absolute Gasteiger partial charge is 0.494 e. The van der Waals surface area contributed by atoms with Crippen molar-refractivity contribution in [1.29, 1.82) is 0 Å². The molecule has 0 unspecified atom stereocenters. The van der Waals surface area contributed by atoms with Crippen LogP contribution in [0.1, 0.15) is 25.3 Å². The molecule has 0 aromatic heterocycles. The molecule has 4 nitrogen and oxygen atoms in total. The van der Waals surface area contributed by atoms with E-state index < -0.39 is 5.97 Å². The second kappa shape index (κ2) is 6.68. The number of ether oxygens (including phenoxy) is 1. The van der Waals surface area contributed by atoms with Gasteiger partial charge in [0.05, 0.1) is 6.61 Å². The molecular formula is C13H16O4. The normalized spacial score (nSPS) is 9.94. The first-order valence-corrected chi connectivity index (χ1v) is 5.51. The van der Waals surface area contributed by atoms with E-state index in [0.717, 1.165) is 5.56 Å². The van der Waals surface area contributed by atoms with Crippen molar-refractivity contribution < 1.29 is 19.4 Å². The van der Waals surface area contributed by atoms with Crippen LogP contribution in [0.3, 0.4) is 0 Å². The molecule has 4 heteroatoms. The molecule has 1 aromatic rings. The monoisotopic (exact) mass is 236 g/mol. The van der Waals surface area contributed by atoms with Crippen LogP contribution in [-0.2, 0) is 16.0 Å². The Kier molecular flexibility index (Phi) is 5.20. The molecule has 0 bridgehead atoms. The zero-order valence-corrected chi connectivity index (χ0v) is 9.81. The van der Waals surface area contributed by atoms with Crippen molar-refractivity contribution >= 4 is 11.8 Å². The van der Waals surface area contributed by atoms with Crippen molar-refractivity contribution in [3.8, 4) is 5.75 Å². The predicted molar refractivity (Wildman–Crippen MR) is 63.2 cm³/mol. The quantitative estimate of drug-likeness (QED) is 0.736. The van der Waals surface area contributed by atoms with Crippen LogP contribution >= 0.6 is 0 Å². The van der Waals surface area contributed by atoms with Crippen molar-refractivity contribution in [2.24, 2.45) is 0 Å². The van der Waals surface area contributed by atoms with Gasteiger partial charge in [-0.25, -0.2) is 0 Å². The number of carbonyl (C=O) groups excluding carboxylic acids is 1. The lowest BCUT2D eigenvalue weighted by Gasteiger charge is -2.05. The van der Waals surface area contributed by atoms with Crippen molar-refractivity contribution in [2.45, 2.75) is 26.2 Å². The Hall–Kier alpha value is -1.84. The van der Waals surface area contributed by atoms with E-state index in [1.54, 1.807) is 19.1 Å². The predicted octanol–water partition coefficient (Wildman–Crippen LogP) is 2.06. The van der Waals surface area contributed by atoms with Gasteiger partial charge in [0, 0.05) is 12.8 Å². The van der Waals surface area contributed by atoms with Gasteiger partial charge >= 0.3 is 5.97 Å². The van der Waals surface area contributed by atoms with Crippen molar-refractivity contribution in [1.82, 2.24) is 0 Å². The van der Waals surface area contributed by atoms with Gasteiger partial charge in [0.15, 0.2) is 0 Å². The molecular weight excluding hydrogens is 220 g/mol. The Bertz CT molecular complexity index is 381. The number of ketones is 1. The summed E-state index contributed by atoms with van der Waals surface area (Å²) in [6.45, 7) is 1.94. The fourth-order valence-electron chi connectivity index (χ4n) is 1.40. The number of Topliss-reactive ketones (excluding diaryl/α,β-unsaturated/α-hetero) is 1. The molecule has 0 spiro atoms. The third-order valence-corrected chi connectivity index (χ3v) is 2.18. The second-order valence-corrected chi connectivity index (χ2v) is 3.87. The van der Waals surface area contributed by atoms with Gasteiger partial charge in [-0.1, -0.05) is 12.1 Å². The number of carboxylic acids is 1. The maximum absolute atomic E-state index is 10.9. The van der Waals surface area contributed by atoms with Crippen molar-refractivity contribution in [3.63, 3.8) is 0 Å². The molecule has 17 heavy (non-hydrogen) atoms. The summed E-state index contributed by atoms with van der Waals surface area (Å²) in [7, 11) is 0.